The normalized spacial score (nSPS) is 31.4. The van der Waals surface area contributed by atoms with Crippen LogP contribution in [-0.4, -0.2) is 25.8 Å². The molecule has 0 radical (unpaired) electrons. The average Bonchev–Trinajstić information content (AvgIpc) is 3.36. The maximum atomic E-state index is 5.75. The molecule has 0 saturated heterocycles. The maximum absolute atomic E-state index is 5.75. The molecule has 2 nitrogen and oxygen atoms in total. The van der Waals surface area contributed by atoms with Crippen LogP contribution in [0, 0.1) is 17.8 Å². The van der Waals surface area contributed by atoms with Gasteiger partial charge in [-0.2, -0.15) is 0 Å². The summed E-state index contributed by atoms with van der Waals surface area (Å²) in [7, 11) is 0. The molecule has 0 spiro atoms. The third kappa shape index (κ3) is 5.25. The smallest absolute Gasteiger partial charge is 0.0494 e. The Bertz CT molecular complexity index is 283. The Labute approximate surface area is 131 Å². The first-order valence-corrected chi connectivity index (χ1v) is 9.74. The van der Waals surface area contributed by atoms with Crippen molar-refractivity contribution >= 4 is 0 Å². The zero-order valence-corrected chi connectivity index (χ0v) is 13.8. The van der Waals surface area contributed by atoms with Crippen LogP contribution in [0.4, 0.5) is 0 Å². The third-order valence-corrected chi connectivity index (χ3v) is 6.00. The summed E-state index contributed by atoms with van der Waals surface area (Å²) in [6.07, 6.45) is 17.3. The van der Waals surface area contributed by atoms with Crippen LogP contribution in [0.2, 0.25) is 0 Å². The molecule has 2 heteroatoms. The van der Waals surface area contributed by atoms with E-state index in [4.69, 9.17) is 4.74 Å². The molecule has 2 atom stereocenters. The van der Waals surface area contributed by atoms with E-state index in [1.165, 1.54) is 83.6 Å². The van der Waals surface area contributed by atoms with Gasteiger partial charge in [-0.3, -0.25) is 0 Å². The van der Waals surface area contributed by atoms with Gasteiger partial charge in [-0.05, 0) is 56.4 Å². The molecule has 21 heavy (non-hydrogen) atoms. The molecule has 0 aliphatic heterocycles. The zero-order chi connectivity index (χ0) is 14.3. The molecule has 2 unspecified atom stereocenters. The van der Waals surface area contributed by atoms with Gasteiger partial charge in [0.25, 0.3) is 0 Å². The summed E-state index contributed by atoms with van der Waals surface area (Å²) in [6.45, 7) is 3.15. The molecule has 3 aliphatic carbocycles. The van der Waals surface area contributed by atoms with Crippen LogP contribution in [0.1, 0.15) is 77.0 Å². The summed E-state index contributed by atoms with van der Waals surface area (Å²) in [4.78, 5) is 0. The predicted octanol–water partition coefficient (Wildman–Crippen LogP) is 4.53. The van der Waals surface area contributed by atoms with Gasteiger partial charge in [0.05, 0.1) is 0 Å². The van der Waals surface area contributed by atoms with Crippen molar-refractivity contribution < 1.29 is 4.74 Å². The molecule has 3 fully saturated rings. The van der Waals surface area contributed by atoms with Gasteiger partial charge in [0.15, 0.2) is 0 Å². The molecule has 0 aromatic carbocycles. The van der Waals surface area contributed by atoms with Crippen molar-refractivity contribution in [1.82, 2.24) is 5.32 Å². The maximum Gasteiger partial charge on any atom is 0.0494 e. The minimum Gasteiger partial charge on any atom is -0.381 e. The molecule has 122 valence electrons. The van der Waals surface area contributed by atoms with E-state index in [2.05, 4.69) is 5.32 Å². The van der Waals surface area contributed by atoms with Crippen molar-refractivity contribution in [3.05, 3.63) is 0 Å². The van der Waals surface area contributed by atoms with Crippen LogP contribution in [-0.2, 0) is 4.74 Å². The lowest BCUT2D eigenvalue weighted by Crippen LogP contribution is -2.43. The Morgan fingerprint density at radius 3 is 2.38 bits per heavy atom. The Hall–Kier alpha value is -0.0800. The highest BCUT2D eigenvalue weighted by Crippen LogP contribution is 2.38. The molecule has 3 aliphatic rings. The molecule has 1 N–H and O–H groups in total. The Morgan fingerprint density at radius 1 is 0.810 bits per heavy atom. The van der Waals surface area contributed by atoms with E-state index in [0.29, 0.717) is 0 Å². The number of rotatable bonds is 8. The molecule has 3 saturated carbocycles. The summed E-state index contributed by atoms with van der Waals surface area (Å²) in [6, 6.07) is 0.810. The van der Waals surface area contributed by atoms with Crippen molar-refractivity contribution in [2.45, 2.75) is 83.1 Å². The third-order valence-electron chi connectivity index (χ3n) is 6.00. The molecular formula is C19H35NO. The van der Waals surface area contributed by atoms with Gasteiger partial charge in [0, 0.05) is 19.3 Å². The fraction of sp³-hybridized carbons (Fsp3) is 1.00. The second-order valence-corrected chi connectivity index (χ2v) is 7.78. The molecule has 3 rings (SSSR count). The van der Waals surface area contributed by atoms with Gasteiger partial charge in [-0.25, -0.2) is 0 Å². The van der Waals surface area contributed by atoms with E-state index in [1.54, 1.807) is 0 Å². The van der Waals surface area contributed by atoms with E-state index in [9.17, 15) is 0 Å². The Morgan fingerprint density at radius 2 is 1.57 bits per heavy atom. The van der Waals surface area contributed by atoms with Gasteiger partial charge in [0.1, 0.15) is 0 Å². The van der Waals surface area contributed by atoms with Crippen molar-refractivity contribution in [3.8, 4) is 0 Å². The first kappa shape index (κ1) is 15.8. The monoisotopic (exact) mass is 293 g/mol. The van der Waals surface area contributed by atoms with Gasteiger partial charge in [-0.15, -0.1) is 0 Å². The Kier molecular flexibility index (Phi) is 6.42. The molecule has 0 heterocycles. The first-order chi connectivity index (χ1) is 10.4. The fourth-order valence-corrected chi connectivity index (χ4v) is 4.54. The summed E-state index contributed by atoms with van der Waals surface area (Å²) >= 11 is 0. The zero-order valence-electron chi connectivity index (χ0n) is 13.8. The van der Waals surface area contributed by atoms with E-state index in [-0.39, 0.29) is 0 Å². The highest BCUT2D eigenvalue weighted by atomic mass is 16.5. The van der Waals surface area contributed by atoms with Crippen molar-refractivity contribution in [2.75, 3.05) is 19.8 Å². The molecule has 0 bridgehead atoms. The number of hydrogen-bond acceptors (Lipinski definition) is 2. The van der Waals surface area contributed by atoms with E-state index in [1.807, 2.05) is 0 Å². The topological polar surface area (TPSA) is 21.3 Å². The quantitative estimate of drug-likeness (QED) is 0.664. The second-order valence-electron chi connectivity index (χ2n) is 7.78. The number of nitrogens with one attached hydrogen (secondary N) is 1. The lowest BCUT2D eigenvalue weighted by Gasteiger charge is -2.39. The molecule has 0 amide bonds. The molecule has 0 aromatic rings. The van der Waals surface area contributed by atoms with Crippen LogP contribution in [0.5, 0.6) is 0 Å². The van der Waals surface area contributed by atoms with Gasteiger partial charge < -0.3 is 10.1 Å². The van der Waals surface area contributed by atoms with Crippen LogP contribution >= 0.6 is 0 Å². The van der Waals surface area contributed by atoms with Gasteiger partial charge >= 0.3 is 0 Å². The number of ether oxygens (including phenoxy) is 1. The summed E-state index contributed by atoms with van der Waals surface area (Å²) in [5, 5.41) is 3.89. The van der Waals surface area contributed by atoms with E-state index in [0.717, 1.165) is 37.0 Å². The fourth-order valence-electron chi connectivity index (χ4n) is 4.54. The van der Waals surface area contributed by atoms with E-state index >= 15 is 0 Å². The molecular weight excluding hydrogens is 258 g/mol. The minimum atomic E-state index is 0.810. The summed E-state index contributed by atoms with van der Waals surface area (Å²) in [5.74, 6) is 2.92. The lowest BCUT2D eigenvalue weighted by molar-refractivity contribution is 0.115. The van der Waals surface area contributed by atoms with Gasteiger partial charge in [0.2, 0.25) is 0 Å². The lowest BCUT2D eigenvalue weighted by atomic mass is 9.71. The van der Waals surface area contributed by atoms with E-state index < -0.39 is 0 Å². The first-order valence-electron chi connectivity index (χ1n) is 9.74. The van der Waals surface area contributed by atoms with Crippen molar-refractivity contribution in [3.63, 3.8) is 0 Å². The highest BCUT2D eigenvalue weighted by molar-refractivity contribution is 4.86. The SMILES string of the molecule is C1CCC(C2CCCCC2NCCCOCC2CC2)CC1. The van der Waals surface area contributed by atoms with Crippen LogP contribution in [0.15, 0.2) is 0 Å². The summed E-state index contributed by atoms with van der Waals surface area (Å²) < 4.78 is 5.75. The van der Waals surface area contributed by atoms with Crippen molar-refractivity contribution in [2.24, 2.45) is 17.8 Å². The molecule has 0 aromatic heterocycles. The largest absolute Gasteiger partial charge is 0.381 e. The predicted molar refractivity (Wildman–Crippen MR) is 88.5 cm³/mol. The number of hydrogen-bond donors (Lipinski definition) is 1. The highest BCUT2D eigenvalue weighted by Gasteiger charge is 2.31. The standard InChI is InChI=1S/C19H35NO/c1-2-7-17(8-3-1)18-9-4-5-10-19(18)20-13-6-14-21-15-16-11-12-16/h16-20H,1-15H2. The van der Waals surface area contributed by atoms with Crippen LogP contribution in [0.3, 0.4) is 0 Å². The van der Waals surface area contributed by atoms with Crippen molar-refractivity contribution in [1.29, 1.82) is 0 Å². The van der Waals surface area contributed by atoms with Crippen LogP contribution < -0.4 is 5.32 Å². The van der Waals surface area contributed by atoms with Gasteiger partial charge in [-0.1, -0.05) is 44.9 Å². The summed E-state index contributed by atoms with van der Waals surface area (Å²) in [5.41, 5.74) is 0. The van der Waals surface area contributed by atoms with Crippen LogP contribution in [0.25, 0.3) is 0 Å². The second kappa shape index (κ2) is 8.53. The Balaban J connectivity index is 1.32. The minimum absolute atomic E-state index is 0.810. The average molecular weight is 293 g/mol.